The lowest BCUT2D eigenvalue weighted by Crippen LogP contribution is -2.50. The molecule has 0 unspecified atom stereocenters. The predicted octanol–water partition coefficient (Wildman–Crippen LogP) is 3.63. The second-order valence-electron chi connectivity index (χ2n) is 7.27. The van der Waals surface area contributed by atoms with Crippen LogP contribution in [0.4, 0.5) is 0 Å². The van der Waals surface area contributed by atoms with E-state index in [4.69, 9.17) is 0 Å². The molecule has 0 radical (unpaired) electrons. The van der Waals surface area contributed by atoms with Gasteiger partial charge in [0.15, 0.2) is 0 Å². The van der Waals surface area contributed by atoms with Crippen molar-refractivity contribution < 1.29 is 4.79 Å². The molecule has 114 valence electrons. The number of aromatic nitrogens is 1. The fourth-order valence-corrected chi connectivity index (χ4v) is 5.23. The molecule has 3 nitrogen and oxygen atoms in total. The number of nitrogens with zero attached hydrogens (tertiary/aromatic N) is 2. The lowest BCUT2D eigenvalue weighted by Gasteiger charge is -2.49. The van der Waals surface area contributed by atoms with Crippen molar-refractivity contribution in [2.24, 2.45) is 11.8 Å². The van der Waals surface area contributed by atoms with Crippen LogP contribution < -0.4 is 0 Å². The third-order valence-electron chi connectivity index (χ3n) is 6.18. The fraction of sp³-hybridized carbons (Fsp3) is 0.526. The van der Waals surface area contributed by atoms with Gasteiger partial charge in [-0.2, -0.15) is 0 Å². The first kappa shape index (κ1) is 12.9. The Balaban J connectivity index is 1.76. The van der Waals surface area contributed by atoms with Gasteiger partial charge in [-0.25, -0.2) is 0 Å². The molecule has 3 aliphatic heterocycles. The molecule has 0 saturated carbocycles. The van der Waals surface area contributed by atoms with E-state index in [2.05, 4.69) is 40.7 Å². The Morgan fingerprint density at radius 2 is 2.14 bits per heavy atom. The van der Waals surface area contributed by atoms with Gasteiger partial charge >= 0.3 is 0 Å². The first-order chi connectivity index (χ1) is 10.8. The van der Waals surface area contributed by atoms with Crippen molar-refractivity contribution in [1.82, 2.24) is 9.47 Å². The van der Waals surface area contributed by atoms with E-state index < -0.39 is 0 Å². The van der Waals surface area contributed by atoms with Gasteiger partial charge in [-0.15, -0.1) is 0 Å². The van der Waals surface area contributed by atoms with E-state index in [1.807, 2.05) is 0 Å². The molecule has 1 fully saturated rings. The van der Waals surface area contributed by atoms with E-state index in [0.29, 0.717) is 17.9 Å². The van der Waals surface area contributed by atoms with E-state index in [1.165, 1.54) is 36.0 Å². The van der Waals surface area contributed by atoms with Crippen LogP contribution in [0.5, 0.6) is 0 Å². The topological polar surface area (TPSA) is 25.2 Å². The average Bonchev–Trinajstić information content (AvgIpc) is 2.89. The summed E-state index contributed by atoms with van der Waals surface area (Å²) in [5, 5.41) is 1.31. The largest absolute Gasteiger partial charge is 0.294 e. The molecule has 1 aromatic carbocycles. The van der Waals surface area contributed by atoms with Crippen molar-refractivity contribution in [3.63, 3.8) is 0 Å². The van der Waals surface area contributed by atoms with Crippen molar-refractivity contribution in [3.8, 4) is 0 Å². The highest BCUT2D eigenvalue weighted by atomic mass is 16.2. The standard InChI is InChI=1S/C19H22N2O/c1-2-12-9-13-10-17(22)21-16-6-4-3-5-14(16)15-7-8-20(11-12)18(13)19(15)21/h3-6,12-13,18H,2,7-11H2,1H3/t12-,13-,18-/m1/s1. The molecule has 0 spiro atoms. The second-order valence-corrected chi connectivity index (χ2v) is 7.27. The second kappa shape index (κ2) is 4.45. The zero-order valence-electron chi connectivity index (χ0n) is 13.1. The van der Waals surface area contributed by atoms with Crippen molar-refractivity contribution in [2.75, 3.05) is 13.1 Å². The summed E-state index contributed by atoms with van der Waals surface area (Å²) in [7, 11) is 0. The van der Waals surface area contributed by atoms with Gasteiger partial charge in [0.25, 0.3) is 0 Å². The molecule has 22 heavy (non-hydrogen) atoms. The number of para-hydroxylation sites is 1. The number of hydrogen-bond donors (Lipinski definition) is 0. The Bertz CT molecular complexity index is 775. The molecule has 1 saturated heterocycles. The highest BCUT2D eigenvalue weighted by Crippen LogP contribution is 2.49. The minimum absolute atomic E-state index is 0.317. The quantitative estimate of drug-likeness (QED) is 0.802. The van der Waals surface area contributed by atoms with Gasteiger partial charge in [0, 0.05) is 30.6 Å². The molecular formula is C19H22N2O. The number of rotatable bonds is 1. The molecule has 2 aromatic rings. The third kappa shape index (κ3) is 1.52. The Kier molecular flexibility index (Phi) is 2.61. The summed E-state index contributed by atoms with van der Waals surface area (Å²) in [6.07, 6.45) is 4.28. The van der Waals surface area contributed by atoms with Crippen LogP contribution in [0.1, 0.15) is 48.3 Å². The summed E-state index contributed by atoms with van der Waals surface area (Å²) in [6.45, 7) is 4.67. The minimum Gasteiger partial charge on any atom is -0.294 e. The zero-order valence-corrected chi connectivity index (χ0v) is 13.1. The molecule has 5 rings (SSSR count). The van der Waals surface area contributed by atoms with Crippen molar-refractivity contribution in [1.29, 1.82) is 0 Å². The van der Waals surface area contributed by atoms with E-state index in [9.17, 15) is 4.79 Å². The van der Waals surface area contributed by atoms with Crippen LogP contribution >= 0.6 is 0 Å². The Morgan fingerprint density at radius 1 is 1.27 bits per heavy atom. The lowest BCUT2D eigenvalue weighted by atomic mass is 9.74. The summed E-state index contributed by atoms with van der Waals surface area (Å²) in [4.78, 5) is 15.5. The number of fused-ring (bicyclic) bond motifs is 3. The van der Waals surface area contributed by atoms with E-state index in [-0.39, 0.29) is 0 Å². The maximum atomic E-state index is 12.8. The maximum absolute atomic E-state index is 12.8. The molecule has 4 heterocycles. The fourth-order valence-electron chi connectivity index (χ4n) is 5.23. The van der Waals surface area contributed by atoms with Gasteiger partial charge in [0.1, 0.15) is 0 Å². The molecule has 1 aromatic heterocycles. The highest BCUT2D eigenvalue weighted by molar-refractivity contribution is 5.97. The Hall–Kier alpha value is -1.61. The minimum atomic E-state index is 0.317. The van der Waals surface area contributed by atoms with Gasteiger partial charge in [-0.05, 0) is 36.3 Å². The van der Waals surface area contributed by atoms with Crippen LogP contribution in [0, 0.1) is 11.8 Å². The van der Waals surface area contributed by atoms with Crippen LogP contribution in [0.3, 0.4) is 0 Å². The van der Waals surface area contributed by atoms with Crippen LogP contribution in [0.15, 0.2) is 24.3 Å². The molecule has 0 N–H and O–H groups in total. The van der Waals surface area contributed by atoms with Crippen LogP contribution in [0.25, 0.3) is 10.9 Å². The molecule has 3 aliphatic rings. The zero-order chi connectivity index (χ0) is 14.8. The number of benzene rings is 1. The molecule has 0 amide bonds. The lowest BCUT2D eigenvalue weighted by molar-refractivity contribution is 0.0238. The predicted molar refractivity (Wildman–Crippen MR) is 87.1 cm³/mol. The van der Waals surface area contributed by atoms with E-state index in [1.54, 1.807) is 0 Å². The third-order valence-corrected chi connectivity index (χ3v) is 6.18. The van der Waals surface area contributed by atoms with Gasteiger partial charge in [-0.1, -0.05) is 31.5 Å². The normalized spacial score (nSPS) is 30.6. The number of carbonyl (C=O) groups is 1. The van der Waals surface area contributed by atoms with E-state index >= 15 is 0 Å². The summed E-state index contributed by atoms with van der Waals surface area (Å²) in [6, 6.07) is 8.96. The van der Waals surface area contributed by atoms with Crippen molar-refractivity contribution in [2.45, 2.75) is 38.6 Å². The smallest absolute Gasteiger partial charge is 0.231 e. The molecule has 0 aliphatic carbocycles. The van der Waals surface area contributed by atoms with E-state index in [0.717, 1.165) is 30.8 Å². The van der Waals surface area contributed by atoms with Crippen molar-refractivity contribution in [3.05, 3.63) is 35.5 Å². The Morgan fingerprint density at radius 3 is 3.00 bits per heavy atom. The summed E-state index contributed by atoms with van der Waals surface area (Å²) >= 11 is 0. The first-order valence-corrected chi connectivity index (χ1v) is 8.67. The van der Waals surface area contributed by atoms with Crippen molar-refractivity contribution >= 4 is 16.8 Å². The van der Waals surface area contributed by atoms with Crippen LogP contribution in [-0.2, 0) is 6.42 Å². The number of piperidine rings is 1. The molecule has 0 bridgehead atoms. The molecule has 3 heteroatoms. The van der Waals surface area contributed by atoms with Crippen LogP contribution in [0.2, 0.25) is 0 Å². The van der Waals surface area contributed by atoms with Gasteiger partial charge < -0.3 is 0 Å². The monoisotopic (exact) mass is 294 g/mol. The average molecular weight is 294 g/mol. The van der Waals surface area contributed by atoms with Crippen LogP contribution in [-0.4, -0.2) is 28.5 Å². The number of carbonyl (C=O) groups excluding carboxylic acids is 1. The summed E-state index contributed by atoms with van der Waals surface area (Å²) in [5.41, 5.74) is 3.92. The van der Waals surface area contributed by atoms with Gasteiger partial charge in [0.05, 0.1) is 11.6 Å². The number of hydrogen-bond acceptors (Lipinski definition) is 2. The maximum Gasteiger partial charge on any atom is 0.231 e. The molecule has 3 atom stereocenters. The Labute approximate surface area is 130 Å². The van der Waals surface area contributed by atoms with Gasteiger partial charge in [-0.3, -0.25) is 14.3 Å². The SMILES string of the molecule is CC[C@@H]1C[C@@H]2CC(=O)n3c4c(c5ccccc53)CCN(C1)[C@@H]42. The summed E-state index contributed by atoms with van der Waals surface area (Å²) < 4.78 is 2.06. The highest BCUT2D eigenvalue weighted by Gasteiger charge is 2.46. The summed E-state index contributed by atoms with van der Waals surface area (Å²) in [5.74, 6) is 1.62. The molecular weight excluding hydrogens is 272 g/mol. The first-order valence-electron chi connectivity index (χ1n) is 8.67. The van der Waals surface area contributed by atoms with Gasteiger partial charge in [0.2, 0.25) is 5.91 Å².